The van der Waals surface area contributed by atoms with Crippen molar-refractivity contribution in [2.45, 2.75) is 49.8 Å². The average Bonchev–Trinajstić information content (AvgIpc) is 3.08. The van der Waals surface area contributed by atoms with Gasteiger partial charge >= 0.3 is 23.9 Å². The third-order valence-corrected chi connectivity index (χ3v) is 8.25. The molecule has 0 N–H and O–H groups in total. The summed E-state index contributed by atoms with van der Waals surface area (Å²) in [4.78, 5) is 42.8. The van der Waals surface area contributed by atoms with Gasteiger partial charge in [-0.25, -0.2) is 19.3 Å². The molecule has 9 nitrogen and oxygen atoms in total. The lowest BCUT2D eigenvalue weighted by molar-refractivity contribution is -0.284. The van der Waals surface area contributed by atoms with E-state index in [4.69, 9.17) is 18.9 Å². The van der Waals surface area contributed by atoms with Crippen molar-refractivity contribution in [3.8, 4) is 0 Å². The van der Waals surface area contributed by atoms with E-state index >= 15 is 0 Å². The number of esters is 2. The van der Waals surface area contributed by atoms with Crippen molar-refractivity contribution >= 4 is 34.0 Å². The van der Waals surface area contributed by atoms with Gasteiger partial charge in [0.05, 0.1) is 12.1 Å². The summed E-state index contributed by atoms with van der Waals surface area (Å²) in [6.07, 6.45) is 2.95. The second kappa shape index (κ2) is 11.9. The molecular weight excluding hydrogens is 568 g/mol. The molecule has 3 aliphatic rings. The van der Waals surface area contributed by atoms with Crippen LogP contribution in [0.2, 0.25) is 0 Å². The van der Waals surface area contributed by atoms with Crippen LogP contribution in [0.3, 0.4) is 0 Å². The molecular formula is C29H31BrN2O7. The summed E-state index contributed by atoms with van der Waals surface area (Å²) >= 11 is 3.53. The maximum absolute atomic E-state index is 13.7. The number of carbonyl (C=O) groups is 3. The van der Waals surface area contributed by atoms with Gasteiger partial charge in [0.1, 0.15) is 0 Å². The highest BCUT2D eigenvalue weighted by Gasteiger charge is 2.64. The summed E-state index contributed by atoms with van der Waals surface area (Å²) in [6, 6.07) is 16.3. The number of nitrogens with zero attached hydrogens (tertiary/aromatic N) is 2. The largest absolute Gasteiger partial charge is 0.435 e. The number of cyclic esters (lactones) is 1. The first-order chi connectivity index (χ1) is 18.9. The van der Waals surface area contributed by atoms with Crippen LogP contribution >= 0.6 is 15.9 Å². The molecule has 3 heterocycles. The Kier molecular flexibility index (Phi) is 8.34. The fourth-order valence-electron chi connectivity index (χ4n) is 5.45. The van der Waals surface area contributed by atoms with Crippen molar-refractivity contribution in [2.24, 2.45) is 0 Å². The molecule has 2 atom stereocenters. The monoisotopic (exact) mass is 598 g/mol. The van der Waals surface area contributed by atoms with Crippen LogP contribution in [0.5, 0.6) is 0 Å². The SMILES string of the molecule is COC1CCN(CCC(c2ccccc2)N2C(=O)OC(Cc3ccccc3Br)C23OC(=O)C=CC(=O)O3)CC1. The third-order valence-electron chi connectivity index (χ3n) is 7.48. The van der Waals surface area contributed by atoms with Gasteiger partial charge in [-0.05, 0) is 36.5 Å². The van der Waals surface area contributed by atoms with Gasteiger partial charge in [-0.15, -0.1) is 0 Å². The Morgan fingerprint density at radius 1 is 0.974 bits per heavy atom. The molecule has 0 bridgehead atoms. The lowest BCUT2D eigenvalue weighted by Crippen LogP contribution is -2.58. The van der Waals surface area contributed by atoms with Crippen molar-refractivity contribution in [3.05, 3.63) is 82.3 Å². The van der Waals surface area contributed by atoms with Crippen LogP contribution in [0.4, 0.5) is 4.79 Å². The van der Waals surface area contributed by atoms with E-state index in [1.54, 1.807) is 7.11 Å². The number of piperidine rings is 1. The molecule has 0 aliphatic carbocycles. The quantitative estimate of drug-likeness (QED) is 0.414. The van der Waals surface area contributed by atoms with Crippen molar-refractivity contribution < 1.29 is 33.3 Å². The van der Waals surface area contributed by atoms with Gasteiger partial charge in [-0.1, -0.05) is 64.5 Å². The number of rotatable bonds is 8. The second-order valence-electron chi connectivity index (χ2n) is 9.84. The van der Waals surface area contributed by atoms with E-state index in [0.717, 1.165) is 53.7 Å². The van der Waals surface area contributed by atoms with Crippen LogP contribution in [-0.4, -0.2) is 72.7 Å². The molecule has 0 aromatic heterocycles. The molecule has 0 radical (unpaired) electrons. The summed E-state index contributed by atoms with van der Waals surface area (Å²) < 4.78 is 23.8. The summed E-state index contributed by atoms with van der Waals surface area (Å²) in [5.41, 5.74) is 1.62. The maximum atomic E-state index is 13.7. The van der Waals surface area contributed by atoms with Crippen molar-refractivity contribution in [1.82, 2.24) is 9.80 Å². The van der Waals surface area contributed by atoms with Crippen LogP contribution in [0, 0.1) is 0 Å². The molecule has 2 aromatic rings. The van der Waals surface area contributed by atoms with E-state index in [2.05, 4.69) is 20.8 Å². The van der Waals surface area contributed by atoms with Gasteiger partial charge in [0.15, 0.2) is 0 Å². The van der Waals surface area contributed by atoms with E-state index in [9.17, 15) is 14.4 Å². The van der Waals surface area contributed by atoms with Gasteiger partial charge in [0.25, 0.3) is 0 Å². The molecule has 5 rings (SSSR count). The average molecular weight is 599 g/mol. The first-order valence-electron chi connectivity index (χ1n) is 13.1. The summed E-state index contributed by atoms with van der Waals surface area (Å²) in [6.45, 7) is 2.41. The summed E-state index contributed by atoms with van der Waals surface area (Å²) in [5.74, 6) is -3.68. The first-order valence-corrected chi connectivity index (χ1v) is 13.9. The number of halogens is 1. The molecule has 1 amide bonds. The molecule has 0 saturated carbocycles. The van der Waals surface area contributed by atoms with E-state index < -0.39 is 36.1 Å². The molecule has 39 heavy (non-hydrogen) atoms. The van der Waals surface area contributed by atoms with E-state index in [0.29, 0.717) is 13.0 Å². The van der Waals surface area contributed by atoms with Crippen LogP contribution in [0.15, 0.2) is 71.2 Å². The van der Waals surface area contributed by atoms with E-state index in [1.165, 1.54) is 4.90 Å². The molecule has 2 fully saturated rings. The number of hydrogen-bond donors (Lipinski definition) is 0. The number of benzene rings is 2. The molecule has 3 aliphatic heterocycles. The lowest BCUT2D eigenvalue weighted by atomic mass is 9.98. The fourth-order valence-corrected chi connectivity index (χ4v) is 5.90. The number of amides is 1. The highest BCUT2D eigenvalue weighted by atomic mass is 79.9. The van der Waals surface area contributed by atoms with Gasteiger partial charge < -0.3 is 23.8 Å². The standard InChI is InChI=1S/C29H31BrN2O7/c1-36-22-13-16-31(17-14-22)18-15-24(20-7-3-2-4-8-20)32-28(35)37-25(19-21-9-5-6-10-23(21)30)29(32)38-26(33)11-12-27(34)39-29/h2-12,22,24-25H,13-19H2,1H3. The first kappa shape index (κ1) is 27.4. The molecule has 1 spiro atoms. The maximum Gasteiger partial charge on any atom is 0.417 e. The predicted octanol–water partition coefficient (Wildman–Crippen LogP) is 4.36. The Morgan fingerprint density at radius 3 is 2.26 bits per heavy atom. The minimum atomic E-state index is -2.09. The molecule has 2 saturated heterocycles. The number of methoxy groups -OCH3 is 1. The third kappa shape index (κ3) is 5.88. The lowest BCUT2D eigenvalue weighted by Gasteiger charge is -2.40. The van der Waals surface area contributed by atoms with Crippen LogP contribution in [0.1, 0.15) is 36.4 Å². The molecule has 2 aromatic carbocycles. The number of hydrogen-bond acceptors (Lipinski definition) is 8. The Balaban J connectivity index is 1.51. The van der Waals surface area contributed by atoms with E-state index in [-0.39, 0.29) is 12.5 Å². The Labute approximate surface area is 235 Å². The highest BCUT2D eigenvalue weighted by molar-refractivity contribution is 9.10. The molecule has 206 valence electrons. The van der Waals surface area contributed by atoms with E-state index in [1.807, 2.05) is 54.6 Å². The Morgan fingerprint density at radius 2 is 1.62 bits per heavy atom. The summed E-state index contributed by atoms with van der Waals surface area (Å²) in [7, 11) is 1.73. The second-order valence-corrected chi connectivity index (χ2v) is 10.7. The zero-order valence-electron chi connectivity index (χ0n) is 21.7. The minimum Gasteiger partial charge on any atom is -0.435 e. The van der Waals surface area contributed by atoms with Crippen molar-refractivity contribution in [2.75, 3.05) is 26.7 Å². The number of likely N-dealkylation sites (tertiary alicyclic amines) is 1. The Hall–Kier alpha value is -3.21. The number of carbonyl (C=O) groups excluding carboxylic acids is 3. The van der Waals surface area contributed by atoms with Crippen LogP contribution < -0.4 is 0 Å². The normalized spacial score (nSPS) is 22.4. The zero-order chi connectivity index (χ0) is 27.4. The van der Waals surface area contributed by atoms with Gasteiger partial charge in [-0.3, -0.25) is 0 Å². The Bertz CT molecular complexity index is 1210. The fraction of sp³-hybridized carbons (Fsp3) is 0.414. The topological polar surface area (TPSA) is 94.6 Å². The van der Waals surface area contributed by atoms with Crippen LogP contribution in [-0.2, 0) is 35.0 Å². The molecule has 10 heteroatoms. The van der Waals surface area contributed by atoms with Crippen LogP contribution in [0.25, 0.3) is 0 Å². The minimum absolute atomic E-state index is 0.149. The number of ether oxygens (including phenoxy) is 4. The predicted molar refractivity (Wildman–Crippen MR) is 144 cm³/mol. The highest BCUT2D eigenvalue weighted by Crippen LogP contribution is 2.44. The molecule has 2 unspecified atom stereocenters. The summed E-state index contributed by atoms with van der Waals surface area (Å²) in [5, 5.41) is 0. The van der Waals surface area contributed by atoms with Gasteiger partial charge in [0, 0.05) is 49.8 Å². The van der Waals surface area contributed by atoms with Crippen molar-refractivity contribution in [3.63, 3.8) is 0 Å². The zero-order valence-corrected chi connectivity index (χ0v) is 23.2. The van der Waals surface area contributed by atoms with Crippen molar-refractivity contribution in [1.29, 1.82) is 0 Å². The van der Waals surface area contributed by atoms with Gasteiger partial charge in [-0.2, -0.15) is 0 Å². The van der Waals surface area contributed by atoms with Gasteiger partial charge in [0.2, 0.25) is 6.10 Å². The smallest absolute Gasteiger partial charge is 0.417 e.